The molecule has 1 heteroatoms. The smallest absolute Gasteiger partial charge is 0.0264 e. The lowest BCUT2D eigenvalue weighted by Gasteiger charge is -2.12. The Morgan fingerprint density at radius 3 is 1.23 bits per heavy atom. The van der Waals surface area contributed by atoms with Gasteiger partial charge in [0.1, 0.15) is 0 Å². The standard InChI is InChI=1S/C12H25P/c13-12-10-8-6-4-2-1-3-5-7-9-11-12/h12H,1-11,13H2. The van der Waals surface area contributed by atoms with Gasteiger partial charge in [-0.15, -0.1) is 9.24 Å². The van der Waals surface area contributed by atoms with Gasteiger partial charge in [0.2, 0.25) is 0 Å². The quantitative estimate of drug-likeness (QED) is 0.504. The van der Waals surface area contributed by atoms with Crippen LogP contribution in [0.1, 0.15) is 70.6 Å². The summed E-state index contributed by atoms with van der Waals surface area (Å²) in [6, 6.07) is 0. The van der Waals surface area contributed by atoms with Gasteiger partial charge in [0, 0.05) is 0 Å². The Morgan fingerprint density at radius 1 is 0.538 bits per heavy atom. The van der Waals surface area contributed by atoms with Gasteiger partial charge < -0.3 is 0 Å². The Kier molecular flexibility index (Phi) is 6.90. The van der Waals surface area contributed by atoms with Crippen LogP contribution in [0.25, 0.3) is 0 Å². The fraction of sp³-hybridized carbons (Fsp3) is 1.00. The summed E-state index contributed by atoms with van der Waals surface area (Å²) in [4.78, 5) is 0. The van der Waals surface area contributed by atoms with Gasteiger partial charge in [0.15, 0.2) is 0 Å². The molecule has 0 amide bonds. The van der Waals surface area contributed by atoms with Gasteiger partial charge in [0.05, 0.1) is 0 Å². The van der Waals surface area contributed by atoms with Crippen LogP contribution in [-0.4, -0.2) is 5.66 Å². The first-order valence-electron chi connectivity index (χ1n) is 6.15. The van der Waals surface area contributed by atoms with Crippen LogP contribution in [0.15, 0.2) is 0 Å². The van der Waals surface area contributed by atoms with E-state index in [2.05, 4.69) is 9.24 Å². The maximum atomic E-state index is 3.03. The van der Waals surface area contributed by atoms with Crippen molar-refractivity contribution in [3.63, 3.8) is 0 Å². The molecule has 1 aliphatic carbocycles. The molecule has 0 heterocycles. The zero-order chi connectivity index (χ0) is 9.36. The van der Waals surface area contributed by atoms with Gasteiger partial charge in [-0.2, -0.15) is 0 Å². The van der Waals surface area contributed by atoms with Gasteiger partial charge in [-0.25, -0.2) is 0 Å². The second kappa shape index (κ2) is 7.80. The molecule has 0 N–H and O–H groups in total. The zero-order valence-electron chi connectivity index (χ0n) is 8.93. The molecule has 1 fully saturated rings. The van der Waals surface area contributed by atoms with E-state index >= 15 is 0 Å². The molecule has 0 saturated heterocycles. The highest BCUT2D eigenvalue weighted by molar-refractivity contribution is 7.17. The van der Waals surface area contributed by atoms with E-state index in [4.69, 9.17) is 0 Å². The van der Waals surface area contributed by atoms with Gasteiger partial charge in [-0.05, 0) is 18.5 Å². The van der Waals surface area contributed by atoms with Crippen molar-refractivity contribution in [2.45, 2.75) is 76.3 Å². The molecule has 78 valence electrons. The monoisotopic (exact) mass is 200 g/mol. The molecule has 0 radical (unpaired) electrons. The van der Waals surface area contributed by atoms with Crippen molar-refractivity contribution >= 4 is 9.24 Å². The highest BCUT2D eigenvalue weighted by atomic mass is 31.0. The van der Waals surface area contributed by atoms with E-state index in [1.165, 1.54) is 70.6 Å². The van der Waals surface area contributed by atoms with Crippen molar-refractivity contribution in [2.75, 3.05) is 0 Å². The lowest BCUT2D eigenvalue weighted by Crippen LogP contribution is -1.98. The maximum absolute atomic E-state index is 3.03. The second-order valence-electron chi connectivity index (χ2n) is 4.52. The minimum Gasteiger partial charge on any atom is -0.134 e. The minimum atomic E-state index is 0.916. The first-order chi connectivity index (χ1) is 6.39. The SMILES string of the molecule is PC1CCCCCCCCCCC1. The van der Waals surface area contributed by atoms with Crippen molar-refractivity contribution in [3.8, 4) is 0 Å². The van der Waals surface area contributed by atoms with Crippen LogP contribution in [-0.2, 0) is 0 Å². The van der Waals surface area contributed by atoms with Crippen molar-refractivity contribution in [1.29, 1.82) is 0 Å². The molecule has 0 aromatic rings. The Labute approximate surface area is 86.1 Å². The number of hydrogen-bond acceptors (Lipinski definition) is 0. The number of rotatable bonds is 0. The summed E-state index contributed by atoms with van der Waals surface area (Å²) in [6.07, 6.45) is 16.2. The van der Waals surface area contributed by atoms with Gasteiger partial charge in [0.25, 0.3) is 0 Å². The third kappa shape index (κ3) is 6.49. The molecule has 1 aliphatic rings. The summed E-state index contributed by atoms with van der Waals surface area (Å²) >= 11 is 0. The maximum Gasteiger partial charge on any atom is -0.0264 e. The lowest BCUT2D eigenvalue weighted by molar-refractivity contribution is 0.510. The van der Waals surface area contributed by atoms with Gasteiger partial charge >= 0.3 is 0 Å². The van der Waals surface area contributed by atoms with Crippen molar-refractivity contribution in [3.05, 3.63) is 0 Å². The summed E-state index contributed by atoms with van der Waals surface area (Å²) in [5, 5.41) is 0. The van der Waals surface area contributed by atoms with Crippen LogP contribution in [0.3, 0.4) is 0 Å². The molecule has 0 aliphatic heterocycles. The van der Waals surface area contributed by atoms with Crippen LogP contribution in [0.4, 0.5) is 0 Å². The Balaban J connectivity index is 2.11. The molecule has 1 rings (SSSR count). The van der Waals surface area contributed by atoms with Crippen LogP contribution < -0.4 is 0 Å². The van der Waals surface area contributed by atoms with Crippen LogP contribution in [0, 0.1) is 0 Å². The third-order valence-corrected chi connectivity index (χ3v) is 3.82. The first kappa shape index (κ1) is 11.5. The van der Waals surface area contributed by atoms with E-state index in [9.17, 15) is 0 Å². The topological polar surface area (TPSA) is 0 Å². The van der Waals surface area contributed by atoms with Crippen molar-refractivity contribution in [1.82, 2.24) is 0 Å². The normalized spacial score (nSPS) is 24.7. The summed E-state index contributed by atoms with van der Waals surface area (Å²) < 4.78 is 0. The fourth-order valence-corrected chi connectivity index (χ4v) is 2.67. The minimum absolute atomic E-state index is 0.916. The predicted octanol–water partition coefficient (Wildman–Crippen LogP) is 4.53. The molecule has 1 unspecified atom stereocenters. The molecule has 1 saturated carbocycles. The van der Waals surface area contributed by atoms with Crippen LogP contribution in [0.5, 0.6) is 0 Å². The van der Waals surface area contributed by atoms with E-state index in [1.54, 1.807) is 0 Å². The molecule has 0 spiro atoms. The largest absolute Gasteiger partial charge is 0.134 e. The predicted molar refractivity (Wildman–Crippen MR) is 64.3 cm³/mol. The molecular formula is C12H25P. The molecular weight excluding hydrogens is 175 g/mol. The fourth-order valence-electron chi connectivity index (χ4n) is 2.19. The highest BCUT2D eigenvalue weighted by Gasteiger charge is 2.03. The Morgan fingerprint density at radius 2 is 0.846 bits per heavy atom. The van der Waals surface area contributed by atoms with Crippen molar-refractivity contribution < 1.29 is 0 Å². The Bertz CT molecular complexity index is 99.7. The van der Waals surface area contributed by atoms with E-state index in [1.807, 2.05) is 0 Å². The average molecular weight is 200 g/mol. The van der Waals surface area contributed by atoms with E-state index in [-0.39, 0.29) is 0 Å². The molecule has 0 bridgehead atoms. The van der Waals surface area contributed by atoms with Crippen molar-refractivity contribution in [2.24, 2.45) is 0 Å². The zero-order valence-corrected chi connectivity index (χ0v) is 10.1. The third-order valence-electron chi connectivity index (χ3n) is 3.15. The summed E-state index contributed by atoms with van der Waals surface area (Å²) in [7, 11) is 3.03. The molecule has 0 nitrogen and oxygen atoms in total. The molecule has 1 atom stereocenters. The highest BCUT2D eigenvalue weighted by Crippen LogP contribution is 2.20. The van der Waals surface area contributed by atoms with Crippen LogP contribution in [0.2, 0.25) is 0 Å². The number of hydrogen-bond donors (Lipinski definition) is 0. The summed E-state index contributed by atoms with van der Waals surface area (Å²) in [5.41, 5.74) is 0.916. The summed E-state index contributed by atoms with van der Waals surface area (Å²) in [5.74, 6) is 0. The van der Waals surface area contributed by atoms with E-state index < -0.39 is 0 Å². The molecule has 0 aromatic carbocycles. The second-order valence-corrected chi connectivity index (χ2v) is 5.46. The lowest BCUT2D eigenvalue weighted by atomic mass is 10.0. The molecule has 13 heavy (non-hydrogen) atoms. The van der Waals surface area contributed by atoms with E-state index in [0.717, 1.165) is 5.66 Å². The molecule has 0 aromatic heterocycles. The van der Waals surface area contributed by atoms with E-state index in [0.29, 0.717) is 0 Å². The van der Waals surface area contributed by atoms with Gasteiger partial charge in [-0.3, -0.25) is 0 Å². The summed E-state index contributed by atoms with van der Waals surface area (Å²) in [6.45, 7) is 0. The van der Waals surface area contributed by atoms with Crippen LogP contribution >= 0.6 is 9.24 Å². The Hall–Kier alpha value is 0.430. The van der Waals surface area contributed by atoms with Gasteiger partial charge in [-0.1, -0.05) is 57.8 Å². The average Bonchev–Trinajstić information content (AvgIpc) is 2.11. The first-order valence-corrected chi connectivity index (χ1v) is 6.82.